The number of benzene rings is 3. The van der Waals surface area contributed by atoms with Crippen LogP contribution in [0.3, 0.4) is 0 Å². The fourth-order valence-electron chi connectivity index (χ4n) is 2.42. The Balaban J connectivity index is 1.96. The summed E-state index contributed by atoms with van der Waals surface area (Å²) in [7, 11) is -5.73. The van der Waals surface area contributed by atoms with Gasteiger partial charge in [-0.3, -0.25) is 0 Å². The number of hydrogen-bond donors (Lipinski definition) is 0. The Hall–Kier alpha value is -2.80. The molecule has 0 N–H and O–H groups in total. The third-order valence-electron chi connectivity index (χ3n) is 3.67. The molecule has 0 heterocycles. The molecule has 0 saturated carbocycles. The lowest BCUT2D eigenvalue weighted by atomic mass is 10.00. The quantitative estimate of drug-likeness (QED) is 0.460. The molecule has 3 rings (SSSR count). The summed E-state index contributed by atoms with van der Waals surface area (Å²) < 4.78 is 64.7. The van der Waals surface area contributed by atoms with Crippen LogP contribution in [0.2, 0.25) is 0 Å². The topological polar surface area (TPSA) is 43.4 Å². The molecule has 7 heteroatoms. The second-order valence-electron chi connectivity index (χ2n) is 5.42. The standard InChI is InChI=1S/C19H13F3O3S/c20-19(21,22)26(23,24)25-18-9-5-4-8-17(18)16-12-10-15(11-13-16)14-6-2-1-3-7-14/h1-13H. The minimum absolute atomic E-state index is 0.250. The van der Waals surface area contributed by atoms with Crippen molar-refractivity contribution in [2.75, 3.05) is 0 Å². The summed E-state index contributed by atoms with van der Waals surface area (Å²) in [5.74, 6) is -0.378. The van der Waals surface area contributed by atoms with E-state index in [1.165, 1.54) is 18.2 Å². The lowest BCUT2D eigenvalue weighted by Crippen LogP contribution is -2.28. The molecule has 134 valence electrons. The molecule has 0 aromatic heterocycles. The summed E-state index contributed by atoms with van der Waals surface area (Å²) in [5.41, 5.74) is -2.78. The van der Waals surface area contributed by atoms with Crippen LogP contribution in [-0.4, -0.2) is 13.9 Å². The van der Waals surface area contributed by atoms with Gasteiger partial charge in [-0.1, -0.05) is 72.8 Å². The van der Waals surface area contributed by atoms with Gasteiger partial charge in [0.1, 0.15) is 0 Å². The summed E-state index contributed by atoms with van der Waals surface area (Å²) in [5, 5.41) is 0. The van der Waals surface area contributed by atoms with E-state index >= 15 is 0 Å². The highest BCUT2D eigenvalue weighted by atomic mass is 32.2. The van der Waals surface area contributed by atoms with Crippen LogP contribution in [0.25, 0.3) is 22.3 Å². The lowest BCUT2D eigenvalue weighted by molar-refractivity contribution is -0.0499. The second kappa shape index (κ2) is 6.84. The van der Waals surface area contributed by atoms with Crippen LogP contribution >= 0.6 is 0 Å². The van der Waals surface area contributed by atoms with E-state index < -0.39 is 15.6 Å². The second-order valence-corrected chi connectivity index (χ2v) is 6.96. The fraction of sp³-hybridized carbons (Fsp3) is 0.0526. The van der Waals surface area contributed by atoms with Gasteiger partial charge < -0.3 is 4.18 Å². The molecule has 3 aromatic rings. The minimum Gasteiger partial charge on any atom is -0.375 e. The van der Waals surface area contributed by atoms with Crippen LogP contribution in [0, 0.1) is 0 Å². The Morgan fingerprint density at radius 2 is 1.15 bits per heavy atom. The first-order valence-electron chi connectivity index (χ1n) is 7.53. The highest BCUT2D eigenvalue weighted by molar-refractivity contribution is 7.88. The van der Waals surface area contributed by atoms with E-state index in [0.717, 1.165) is 11.1 Å². The van der Waals surface area contributed by atoms with E-state index in [4.69, 9.17) is 0 Å². The Bertz CT molecular complexity index is 996. The fourth-order valence-corrected chi connectivity index (χ4v) is 2.89. The molecule has 0 aliphatic carbocycles. The van der Waals surface area contributed by atoms with Crippen molar-refractivity contribution in [2.45, 2.75) is 5.51 Å². The van der Waals surface area contributed by atoms with Crippen molar-refractivity contribution in [1.29, 1.82) is 0 Å². The van der Waals surface area contributed by atoms with E-state index in [9.17, 15) is 21.6 Å². The van der Waals surface area contributed by atoms with Crippen molar-refractivity contribution in [2.24, 2.45) is 0 Å². The molecule has 0 saturated heterocycles. The zero-order chi connectivity index (χ0) is 18.8. The number of hydrogen-bond acceptors (Lipinski definition) is 3. The molecule has 0 bridgehead atoms. The first kappa shape index (κ1) is 18.0. The maximum atomic E-state index is 12.6. The molecule has 0 fully saturated rings. The third-order valence-corrected chi connectivity index (χ3v) is 4.64. The first-order chi connectivity index (χ1) is 12.3. The Kier molecular flexibility index (Phi) is 4.73. The molecule has 0 atom stereocenters. The average molecular weight is 378 g/mol. The van der Waals surface area contributed by atoms with Crippen LogP contribution in [0.15, 0.2) is 78.9 Å². The van der Waals surface area contributed by atoms with Gasteiger partial charge in [0.15, 0.2) is 5.75 Å². The van der Waals surface area contributed by atoms with E-state index in [2.05, 4.69) is 4.18 Å². The van der Waals surface area contributed by atoms with Crippen molar-refractivity contribution in [3.63, 3.8) is 0 Å². The van der Waals surface area contributed by atoms with Gasteiger partial charge in [0.05, 0.1) is 0 Å². The van der Waals surface area contributed by atoms with Crippen molar-refractivity contribution in [3.8, 4) is 28.0 Å². The van der Waals surface area contributed by atoms with Crippen LogP contribution in [0.1, 0.15) is 0 Å². The summed E-state index contributed by atoms with van der Waals surface area (Å²) in [4.78, 5) is 0. The zero-order valence-electron chi connectivity index (χ0n) is 13.3. The maximum Gasteiger partial charge on any atom is 0.534 e. The number of rotatable bonds is 4. The highest BCUT2D eigenvalue weighted by Gasteiger charge is 2.48. The predicted octanol–water partition coefficient (Wildman–Crippen LogP) is 5.25. The van der Waals surface area contributed by atoms with Crippen LogP contribution in [-0.2, 0) is 10.1 Å². The van der Waals surface area contributed by atoms with Crippen molar-refractivity contribution >= 4 is 10.1 Å². The van der Waals surface area contributed by atoms with Gasteiger partial charge in [-0.05, 0) is 22.8 Å². The van der Waals surface area contributed by atoms with Crippen LogP contribution < -0.4 is 4.18 Å². The largest absolute Gasteiger partial charge is 0.534 e. The Morgan fingerprint density at radius 3 is 1.77 bits per heavy atom. The van der Waals surface area contributed by atoms with E-state index in [1.54, 1.807) is 30.3 Å². The summed E-state index contributed by atoms with van der Waals surface area (Å²) >= 11 is 0. The molecule has 3 nitrogen and oxygen atoms in total. The highest BCUT2D eigenvalue weighted by Crippen LogP contribution is 2.35. The molecule has 0 amide bonds. The summed E-state index contributed by atoms with van der Waals surface area (Å²) in [6.45, 7) is 0. The minimum atomic E-state index is -5.73. The van der Waals surface area contributed by atoms with Crippen molar-refractivity contribution < 1.29 is 25.8 Å². The molecule has 26 heavy (non-hydrogen) atoms. The van der Waals surface area contributed by atoms with Gasteiger partial charge in [0, 0.05) is 5.56 Å². The van der Waals surface area contributed by atoms with Crippen LogP contribution in [0.4, 0.5) is 13.2 Å². The van der Waals surface area contributed by atoms with Crippen molar-refractivity contribution in [1.82, 2.24) is 0 Å². The van der Waals surface area contributed by atoms with Gasteiger partial charge in [-0.25, -0.2) is 0 Å². The monoisotopic (exact) mass is 378 g/mol. The summed E-state index contributed by atoms with van der Waals surface area (Å²) in [6.07, 6.45) is 0. The van der Waals surface area contributed by atoms with Gasteiger partial charge in [0.2, 0.25) is 0 Å². The van der Waals surface area contributed by atoms with Gasteiger partial charge >= 0.3 is 15.6 Å². The van der Waals surface area contributed by atoms with Crippen LogP contribution in [0.5, 0.6) is 5.75 Å². The Labute approximate surface area is 148 Å². The molecule has 0 spiro atoms. The molecule has 0 aliphatic rings. The molecule has 3 aromatic carbocycles. The van der Waals surface area contributed by atoms with Crippen molar-refractivity contribution in [3.05, 3.63) is 78.9 Å². The number of alkyl halides is 3. The Morgan fingerprint density at radius 1 is 0.654 bits per heavy atom. The van der Waals surface area contributed by atoms with Gasteiger partial charge in [-0.2, -0.15) is 21.6 Å². The summed E-state index contributed by atoms with van der Waals surface area (Å²) in [6, 6.07) is 22.2. The average Bonchev–Trinajstić information content (AvgIpc) is 2.62. The smallest absolute Gasteiger partial charge is 0.375 e. The SMILES string of the molecule is O=S(=O)(Oc1ccccc1-c1ccc(-c2ccccc2)cc1)C(F)(F)F. The molecular formula is C19H13F3O3S. The normalized spacial score (nSPS) is 12.0. The lowest BCUT2D eigenvalue weighted by Gasteiger charge is -2.13. The van der Waals surface area contributed by atoms with E-state index in [1.807, 2.05) is 30.3 Å². The van der Waals surface area contributed by atoms with Gasteiger partial charge in [0.25, 0.3) is 0 Å². The zero-order valence-corrected chi connectivity index (χ0v) is 14.1. The molecule has 0 unspecified atom stereocenters. The molecule has 0 aliphatic heterocycles. The molecule has 0 radical (unpaired) electrons. The van der Waals surface area contributed by atoms with Gasteiger partial charge in [-0.15, -0.1) is 0 Å². The molecular weight excluding hydrogens is 365 g/mol. The van der Waals surface area contributed by atoms with E-state index in [0.29, 0.717) is 5.56 Å². The number of halogens is 3. The maximum absolute atomic E-state index is 12.6. The third kappa shape index (κ3) is 3.72. The van der Waals surface area contributed by atoms with E-state index in [-0.39, 0.29) is 11.3 Å². The number of para-hydroxylation sites is 1. The predicted molar refractivity (Wildman–Crippen MR) is 92.9 cm³/mol. The first-order valence-corrected chi connectivity index (χ1v) is 8.94.